The summed E-state index contributed by atoms with van der Waals surface area (Å²) in [6.07, 6.45) is 6.57. The predicted octanol–water partition coefficient (Wildman–Crippen LogP) is 2.89. The first-order chi connectivity index (χ1) is 12.5. The Bertz CT molecular complexity index is 870. The number of fused-ring (bicyclic) bond motifs is 1. The Morgan fingerprint density at radius 2 is 2.04 bits per heavy atom. The van der Waals surface area contributed by atoms with Gasteiger partial charge in [-0.1, -0.05) is 18.5 Å². The van der Waals surface area contributed by atoms with Crippen molar-refractivity contribution in [3.8, 4) is 0 Å². The maximum absolute atomic E-state index is 6.42. The van der Waals surface area contributed by atoms with Crippen LogP contribution in [0.1, 0.15) is 48.8 Å². The maximum Gasteiger partial charge on any atom is 0.147 e. The van der Waals surface area contributed by atoms with Crippen molar-refractivity contribution in [3.05, 3.63) is 46.1 Å². The third kappa shape index (κ3) is 2.97. The number of aliphatic imine (C=N–C) groups is 1. The highest BCUT2D eigenvalue weighted by molar-refractivity contribution is 6.36. The SMILES string of the molecule is CCC1(N)CCN(c2cnc3c(n2)CN=C3c2ccnc(C)c2Cl)CC1. The van der Waals surface area contributed by atoms with Gasteiger partial charge in [0, 0.05) is 30.4 Å². The number of pyridine rings is 1. The van der Waals surface area contributed by atoms with Gasteiger partial charge in [-0.25, -0.2) is 9.97 Å². The number of halogens is 1. The number of hydrogen-bond donors (Lipinski definition) is 1. The van der Waals surface area contributed by atoms with E-state index in [0.717, 1.165) is 66.5 Å². The van der Waals surface area contributed by atoms with Gasteiger partial charge in [0.25, 0.3) is 0 Å². The van der Waals surface area contributed by atoms with E-state index in [-0.39, 0.29) is 5.54 Å². The lowest BCUT2D eigenvalue weighted by Gasteiger charge is -2.39. The summed E-state index contributed by atoms with van der Waals surface area (Å²) in [6, 6.07) is 1.88. The minimum absolute atomic E-state index is 0.0348. The van der Waals surface area contributed by atoms with E-state index in [1.807, 2.05) is 19.2 Å². The van der Waals surface area contributed by atoms with Crippen molar-refractivity contribution in [2.75, 3.05) is 18.0 Å². The van der Waals surface area contributed by atoms with E-state index in [1.165, 1.54) is 0 Å². The molecule has 0 spiro atoms. The molecule has 6 nitrogen and oxygen atoms in total. The fraction of sp³-hybridized carbons (Fsp3) is 0.474. The molecule has 0 aliphatic carbocycles. The van der Waals surface area contributed by atoms with Crippen LogP contribution in [0.2, 0.25) is 5.02 Å². The van der Waals surface area contributed by atoms with Crippen LogP contribution in [0.3, 0.4) is 0 Å². The molecular weight excluding hydrogens is 348 g/mol. The van der Waals surface area contributed by atoms with E-state index in [4.69, 9.17) is 22.3 Å². The first-order valence-corrected chi connectivity index (χ1v) is 9.44. The molecule has 4 rings (SSSR count). The molecule has 0 saturated carbocycles. The van der Waals surface area contributed by atoms with E-state index in [2.05, 4.69) is 26.8 Å². The van der Waals surface area contributed by atoms with Crippen LogP contribution < -0.4 is 10.6 Å². The van der Waals surface area contributed by atoms with Crippen LogP contribution in [-0.4, -0.2) is 39.3 Å². The fourth-order valence-electron chi connectivity index (χ4n) is 3.58. The van der Waals surface area contributed by atoms with Gasteiger partial charge in [-0.15, -0.1) is 0 Å². The Morgan fingerprint density at radius 1 is 1.27 bits per heavy atom. The van der Waals surface area contributed by atoms with E-state index in [1.54, 1.807) is 6.20 Å². The second kappa shape index (κ2) is 6.59. The van der Waals surface area contributed by atoms with Gasteiger partial charge in [-0.2, -0.15) is 0 Å². The van der Waals surface area contributed by atoms with Crippen LogP contribution in [0.4, 0.5) is 5.82 Å². The van der Waals surface area contributed by atoms with Gasteiger partial charge in [0.1, 0.15) is 11.5 Å². The van der Waals surface area contributed by atoms with Crippen molar-refractivity contribution < 1.29 is 0 Å². The quantitative estimate of drug-likeness (QED) is 0.898. The van der Waals surface area contributed by atoms with Gasteiger partial charge in [-0.3, -0.25) is 9.98 Å². The monoisotopic (exact) mass is 370 g/mol. The molecule has 0 amide bonds. The van der Waals surface area contributed by atoms with Crippen LogP contribution in [0.15, 0.2) is 23.5 Å². The molecule has 0 aromatic carbocycles. The van der Waals surface area contributed by atoms with E-state index in [9.17, 15) is 0 Å². The van der Waals surface area contributed by atoms with E-state index in [0.29, 0.717) is 11.6 Å². The zero-order chi connectivity index (χ0) is 18.3. The molecule has 0 bridgehead atoms. The van der Waals surface area contributed by atoms with Crippen molar-refractivity contribution in [2.45, 2.75) is 45.2 Å². The smallest absolute Gasteiger partial charge is 0.147 e. The Kier molecular flexibility index (Phi) is 4.40. The lowest BCUT2D eigenvalue weighted by atomic mass is 9.86. The minimum Gasteiger partial charge on any atom is -0.355 e. The molecule has 136 valence electrons. The third-order valence-corrected chi connectivity index (χ3v) is 6.03. The highest BCUT2D eigenvalue weighted by Gasteiger charge is 2.30. The number of rotatable bonds is 3. The van der Waals surface area contributed by atoms with Crippen LogP contribution >= 0.6 is 11.6 Å². The Balaban J connectivity index is 1.58. The number of piperidine rings is 1. The van der Waals surface area contributed by atoms with Crippen molar-refractivity contribution >= 4 is 23.1 Å². The van der Waals surface area contributed by atoms with Gasteiger partial charge in [0.2, 0.25) is 0 Å². The fourth-order valence-corrected chi connectivity index (χ4v) is 3.79. The van der Waals surface area contributed by atoms with Crippen LogP contribution in [0.25, 0.3) is 0 Å². The molecule has 2 N–H and O–H groups in total. The molecule has 26 heavy (non-hydrogen) atoms. The van der Waals surface area contributed by atoms with Gasteiger partial charge in [0.15, 0.2) is 0 Å². The molecule has 1 fully saturated rings. The van der Waals surface area contributed by atoms with Crippen molar-refractivity contribution in [1.82, 2.24) is 15.0 Å². The number of aromatic nitrogens is 3. The first-order valence-electron chi connectivity index (χ1n) is 9.07. The summed E-state index contributed by atoms with van der Waals surface area (Å²) in [5.41, 5.74) is 10.6. The van der Waals surface area contributed by atoms with E-state index < -0.39 is 0 Å². The standard InChI is InChI=1S/C19H23ClN6/c1-3-19(21)5-8-26(9-6-19)15-11-24-18-14(25-15)10-23-17(18)13-4-7-22-12(2)16(13)20/h4,7,11H,3,5-6,8-10,21H2,1-2H3. The molecule has 0 radical (unpaired) electrons. The molecule has 0 unspecified atom stereocenters. The zero-order valence-electron chi connectivity index (χ0n) is 15.2. The van der Waals surface area contributed by atoms with Gasteiger partial charge in [-0.05, 0) is 32.3 Å². The molecule has 2 aliphatic heterocycles. The number of anilines is 1. The average Bonchev–Trinajstić information content (AvgIpc) is 3.07. The Morgan fingerprint density at radius 3 is 2.77 bits per heavy atom. The normalized spacial score (nSPS) is 18.6. The highest BCUT2D eigenvalue weighted by Crippen LogP contribution is 2.29. The van der Waals surface area contributed by atoms with Crippen LogP contribution in [-0.2, 0) is 6.54 Å². The average molecular weight is 371 g/mol. The lowest BCUT2D eigenvalue weighted by molar-refractivity contribution is 0.322. The maximum atomic E-state index is 6.42. The van der Waals surface area contributed by atoms with Gasteiger partial charge >= 0.3 is 0 Å². The molecule has 2 aromatic heterocycles. The van der Waals surface area contributed by atoms with Crippen molar-refractivity contribution in [1.29, 1.82) is 0 Å². The topological polar surface area (TPSA) is 80.3 Å². The van der Waals surface area contributed by atoms with Gasteiger partial charge in [0.05, 0.1) is 34.9 Å². The van der Waals surface area contributed by atoms with Gasteiger partial charge < -0.3 is 10.6 Å². The van der Waals surface area contributed by atoms with Crippen molar-refractivity contribution in [2.24, 2.45) is 10.7 Å². The largest absolute Gasteiger partial charge is 0.355 e. The first kappa shape index (κ1) is 17.4. The Labute approximate surface area is 158 Å². The van der Waals surface area contributed by atoms with Crippen LogP contribution in [0.5, 0.6) is 0 Å². The van der Waals surface area contributed by atoms with E-state index >= 15 is 0 Å². The lowest BCUT2D eigenvalue weighted by Crippen LogP contribution is -2.50. The summed E-state index contributed by atoms with van der Waals surface area (Å²) in [5.74, 6) is 0.912. The summed E-state index contributed by atoms with van der Waals surface area (Å²) in [7, 11) is 0. The molecule has 1 saturated heterocycles. The van der Waals surface area contributed by atoms with Crippen LogP contribution in [0, 0.1) is 6.92 Å². The minimum atomic E-state index is -0.0348. The summed E-state index contributed by atoms with van der Waals surface area (Å²) >= 11 is 6.42. The van der Waals surface area contributed by atoms with Crippen molar-refractivity contribution in [3.63, 3.8) is 0 Å². The Hall–Kier alpha value is -2.05. The molecule has 4 heterocycles. The molecule has 2 aromatic rings. The third-order valence-electron chi connectivity index (χ3n) is 5.55. The molecule has 0 atom stereocenters. The summed E-state index contributed by atoms with van der Waals surface area (Å²) in [6.45, 7) is 6.42. The summed E-state index contributed by atoms with van der Waals surface area (Å²) in [5, 5.41) is 0.625. The number of hydrogen-bond acceptors (Lipinski definition) is 6. The highest BCUT2D eigenvalue weighted by atomic mass is 35.5. The summed E-state index contributed by atoms with van der Waals surface area (Å²) < 4.78 is 0. The molecule has 7 heteroatoms. The number of nitrogens with two attached hydrogens (primary N) is 1. The second-order valence-electron chi connectivity index (χ2n) is 7.15. The zero-order valence-corrected chi connectivity index (χ0v) is 15.9. The number of aryl methyl sites for hydroxylation is 1. The molecular formula is C19H23ClN6. The second-order valence-corrected chi connectivity index (χ2v) is 7.53. The number of nitrogens with zero attached hydrogens (tertiary/aromatic N) is 5. The summed E-state index contributed by atoms with van der Waals surface area (Å²) in [4.78, 5) is 20.6. The molecule has 2 aliphatic rings. The predicted molar refractivity (Wildman–Crippen MR) is 104 cm³/mol.